The Kier molecular flexibility index (Phi) is 69.8. The fourth-order valence-corrected chi connectivity index (χ4v) is 8.55. The number of hydrogen-bond donors (Lipinski definition) is 1. The van der Waals surface area contributed by atoms with E-state index in [4.69, 9.17) is 109 Å². The molecule has 0 radical (unpaired) electrons. The van der Waals surface area contributed by atoms with E-state index in [9.17, 15) is 91.4 Å². The zero-order valence-corrected chi connectivity index (χ0v) is 74.5. The Balaban J connectivity index is -0.000000847. The van der Waals surface area contributed by atoms with Crippen LogP contribution in [0.15, 0.2) is 228 Å². The molecule has 0 amide bonds. The number of rotatable bonds is 73. The topological polar surface area (TPSA) is 540 Å². The van der Waals surface area contributed by atoms with E-state index in [2.05, 4.69) is 118 Å². The molecule has 0 saturated carbocycles. The molecule has 0 atom stereocenters. The molecule has 0 aliphatic carbocycles. The van der Waals surface area contributed by atoms with Crippen LogP contribution in [0.3, 0.4) is 0 Å². The van der Waals surface area contributed by atoms with Crippen LogP contribution in [0.1, 0.15) is 13.3 Å². The highest BCUT2D eigenvalue weighted by Gasteiger charge is 2.43. The summed E-state index contributed by atoms with van der Waals surface area (Å²) >= 11 is 0. The van der Waals surface area contributed by atoms with E-state index in [-0.39, 0.29) is 99.1 Å². The molecule has 0 aromatic rings. The lowest BCUT2D eigenvalue weighted by Crippen LogP contribution is -2.47. The molecule has 0 spiro atoms. The first-order valence-corrected chi connectivity index (χ1v) is 39.0. The Morgan fingerprint density at radius 3 is 0.406 bits per heavy atom. The van der Waals surface area contributed by atoms with Gasteiger partial charge in [-0.05, 0) is 6.42 Å². The van der Waals surface area contributed by atoms with E-state index in [1.165, 1.54) is 0 Å². The predicted octanol–water partition coefficient (Wildman–Crippen LogP) is 4.47. The number of carbonyl (C=O) groups is 18. The molecule has 0 aromatic carbocycles. The second kappa shape index (κ2) is 74.3. The molecule has 0 unspecified atom stereocenters. The fraction of sp³-hybridized carbons (Fsp3) is 0.407. The third-order valence-electron chi connectivity index (χ3n) is 16.2. The van der Waals surface area contributed by atoms with E-state index in [0.717, 1.165) is 109 Å². The monoisotopic (exact) mass is 1880 g/mol. The second-order valence-electron chi connectivity index (χ2n) is 26.9. The van der Waals surface area contributed by atoms with Crippen molar-refractivity contribution in [2.75, 3.05) is 192 Å². The van der Waals surface area contributed by atoms with Crippen LogP contribution in [0.5, 0.6) is 0 Å². The molecule has 42 heteroatoms. The van der Waals surface area contributed by atoms with Crippen molar-refractivity contribution in [3.8, 4) is 0 Å². The van der Waals surface area contributed by atoms with Gasteiger partial charge in [0.15, 0.2) is 0 Å². The molecule has 0 aliphatic heterocycles. The van der Waals surface area contributed by atoms with Crippen LogP contribution in [-0.2, 0) is 195 Å². The van der Waals surface area contributed by atoms with Crippen molar-refractivity contribution in [1.29, 1.82) is 0 Å². The van der Waals surface area contributed by atoms with Crippen LogP contribution >= 0.6 is 0 Å². The van der Waals surface area contributed by atoms with E-state index in [1.807, 2.05) is 6.92 Å². The lowest BCUT2D eigenvalue weighted by molar-refractivity contribution is -0.172. The van der Waals surface area contributed by atoms with Gasteiger partial charge in [-0.15, -0.1) is 0 Å². The van der Waals surface area contributed by atoms with Crippen molar-refractivity contribution >= 4 is 107 Å². The van der Waals surface area contributed by atoms with Crippen LogP contribution in [-0.4, -0.2) is 304 Å². The fourth-order valence-electron chi connectivity index (χ4n) is 8.55. The van der Waals surface area contributed by atoms with Crippen molar-refractivity contribution in [1.82, 2.24) is 0 Å². The molecule has 0 fully saturated rings. The van der Waals surface area contributed by atoms with Crippen molar-refractivity contribution in [2.24, 2.45) is 32.5 Å². The third kappa shape index (κ3) is 60.9. The van der Waals surface area contributed by atoms with Gasteiger partial charge in [0.2, 0.25) is 0 Å². The summed E-state index contributed by atoms with van der Waals surface area (Å²) in [4.78, 5) is 208. The molecule has 42 nitrogen and oxygen atoms in total. The normalized spacial score (nSPS) is 10.5. The van der Waals surface area contributed by atoms with E-state index >= 15 is 0 Å². The maximum Gasteiger partial charge on any atom is 0.330 e. The lowest BCUT2D eigenvalue weighted by Gasteiger charge is -2.35. The first-order chi connectivity index (χ1) is 63.2. The summed E-state index contributed by atoms with van der Waals surface area (Å²) in [5, 5.41) is 10.0. The molecular weight excluding hydrogens is 1760 g/mol. The molecule has 0 bridgehead atoms. The average molecular weight is 1880 g/mol. The summed E-state index contributed by atoms with van der Waals surface area (Å²) in [6.07, 6.45) is 17.4. The molecular formula is C91H118O42. The minimum atomic E-state index is -1.49. The van der Waals surface area contributed by atoms with E-state index in [0.29, 0.717) is 6.42 Å². The standard InChI is InChI=1S/C28H34O13.C25H32O12.C21H32O9.C17H20O8/c1-7-21(29)36-15-27(16-37-22(30)8-2,17-38-23(31)9-3)13-35-14-28(18-39-24(32)10-4,19-40-25(33)11-5)20-41-26(34)12-6;1-6-19(27)33-14-24(11-26,15-34-20(28)7-2)12-32-13-25(16-35-21(29)8-3,17-36-22(30)9-4)18-37-23(31)10-5;1-5-18(22)28-12-9-25-15-21(8-4,16-26-10-13-29-19(23)6-2)17-27-11-14-30-20(24)7-3;1-5-13(18)22-9-17(10-23-14(19)6-2,11-24-15(20)7-3)12-25-16(21)8-4/h7-12H,1-6,13-20H2;6-10,26H,1-5,11-18H2;5-7H,1-3,8-17H2,4H3;5-8H,1-4,9-12H2. The first-order valence-electron chi connectivity index (χ1n) is 39.0. The zero-order valence-electron chi connectivity index (χ0n) is 74.5. The van der Waals surface area contributed by atoms with Crippen molar-refractivity contribution in [3.63, 3.8) is 0 Å². The summed E-state index contributed by atoms with van der Waals surface area (Å²) in [6, 6.07) is 0. The highest BCUT2D eigenvalue weighted by molar-refractivity contribution is 5.87. The zero-order chi connectivity index (χ0) is 102. The first kappa shape index (κ1) is 125. The molecule has 0 aromatic heterocycles. The minimum absolute atomic E-state index is 0.0986. The van der Waals surface area contributed by atoms with Gasteiger partial charge in [-0.1, -0.05) is 125 Å². The predicted molar refractivity (Wildman–Crippen MR) is 467 cm³/mol. The van der Waals surface area contributed by atoms with Gasteiger partial charge in [0.25, 0.3) is 0 Å². The summed E-state index contributed by atoms with van der Waals surface area (Å²) in [6.45, 7) is 54.1. The van der Waals surface area contributed by atoms with Gasteiger partial charge in [0, 0.05) is 115 Å². The van der Waals surface area contributed by atoms with Crippen molar-refractivity contribution in [2.45, 2.75) is 13.3 Å². The Hall–Kier alpha value is -14.5. The quantitative estimate of drug-likeness (QED) is 0.0379. The summed E-state index contributed by atoms with van der Waals surface area (Å²) in [7, 11) is 0. The second-order valence-corrected chi connectivity index (χ2v) is 26.9. The molecule has 734 valence electrons. The molecule has 0 heterocycles. The number of hydrogen-bond acceptors (Lipinski definition) is 42. The summed E-state index contributed by atoms with van der Waals surface area (Å²) in [5.41, 5.74) is -7.68. The Morgan fingerprint density at radius 1 is 0.165 bits per heavy atom. The summed E-state index contributed by atoms with van der Waals surface area (Å²) < 4.78 is 119. The smallest absolute Gasteiger partial charge is 0.330 e. The van der Waals surface area contributed by atoms with Gasteiger partial charge in [0.1, 0.15) is 124 Å². The summed E-state index contributed by atoms with van der Waals surface area (Å²) in [5.74, 6) is -13.6. The van der Waals surface area contributed by atoms with Crippen LogP contribution in [0, 0.1) is 32.5 Å². The lowest BCUT2D eigenvalue weighted by atomic mass is 9.88. The highest BCUT2D eigenvalue weighted by atomic mass is 16.6. The third-order valence-corrected chi connectivity index (χ3v) is 16.2. The maximum atomic E-state index is 11.8. The number of esters is 18. The van der Waals surface area contributed by atoms with Gasteiger partial charge in [-0.3, -0.25) is 0 Å². The molecule has 0 saturated heterocycles. The largest absolute Gasteiger partial charge is 0.462 e. The maximum absolute atomic E-state index is 11.8. The minimum Gasteiger partial charge on any atom is -0.462 e. The van der Waals surface area contributed by atoms with Gasteiger partial charge < -0.3 is 114 Å². The highest BCUT2D eigenvalue weighted by Crippen LogP contribution is 2.30. The number of carbonyl (C=O) groups excluding carboxylic acids is 18. The Morgan fingerprint density at radius 2 is 0.278 bits per heavy atom. The van der Waals surface area contributed by atoms with Crippen LogP contribution in [0.4, 0.5) is 0 Å². The Bertz CT molecular complexity index is 3540. The van der Waals surface area contributed by atoms with Crippen LogP contribution in [0.25, 0.3) is 0 Å². The van der Waals surface area contributed by atoms with Gasteiger partial charge in [0.05, 0.1) is 94.3 Å². The molecule has 0 aliphatic rings. The number of ether oxygens (including phenoxy) is 23. The Labute approximate surface area is 770 Å². The van der Waals surface area contributed by atoms with Gasteiger partial charge in [-0.25, -0.2) is 86.3 Å². The number of aliphatic hydroxyl groups is 1. The van der Waals surface area contributed by atoms with E-state index in [1.54, 1.807) is 0 Å². The van der Waals surface area contributed by atoms with Crippen LogP contribution < -0.4 is 0 Å². The van der Waals surface area contributed by atoms with Gasteiger partial charge in [-0.2, -0.15) is 0 Å². The van der Waals surface area contributed by atoms with Gasteiger partial charge >= 0.3 is 107 Å². The number of aliphatic hydroxyl groups excluding tert-OH is 1. The van der Waals surface area contributed by atoms with E-state index < -0.39 is 232 Å². The SMILES string of the molecule is C=CC(=O)OCC(CO)(COCC(COC(=O)C=C)(COC(=O)C=C)COC(=O)C=C)COC(=O)C=C.C=CC(=O)OCC(COC(=O)C=C)(COC(=O)C=C)COC(=O)C=C.C=CC(=O)OCC(COCC(COC(=O)C=C)(COC(=O)C=C)COC(=O)C=C)(COC(=O)C=C)COC(=O)C=C.C=CC(=O)OCCOCC(CC)(COCCOC(=O)C=C)COCCOC(=O)C=C. The molecule has 133 heavy (non-hydrogen) atoms. The van der Waals surface area contributed by atoms with Crippen molar-refractivity contribution in [3.05, 3.63) is 228 Å². The van der Waals surface area contributed by atoms with Crippen LogP contribution in [0.2, 0.25) is 0 Å². The van der Waals surface area contributed by atoms with Crippen molar-refractivity contribution < 1.29 is 200 Å². The average Bonchev–Trinajstić information content (AvgIpc) is 0.832. The molecule has 0 rings (SSSR count). The molecule has 1 N–H and O–H groups in total.